The standard InChI is InChI=1S/C17H25BrN2/c1-2-9-19-11-14-5-6-15(18)10-17(14)20(16-7-8-16)12-13-3-4-13/h5-6,10,13,16,19H,2-4,7-9,11-12H2,1H3. The zero-order valence-corrected chi connectivity index (χ0v) is 14.0. The lowest BCUT2D eigenvalue weighted by molar-refractivity contribution is 0.665. The molecule has 2 aliphatic carbocycles. The van der Waals surface area contributed by atoms with Crippen LogP contribution in [0.5, 0.6) is 0 Å². The highest BCUT2D eigenvalue weighted by Crippen LogP contribution is 2.39. The van der Waals surface area contributed by atoms with Crippen molar-refractivity contribution in [3.8, 4) is 0 Å². The van der Waals surface area contributed by atoms with Gasteiger partial charge in [-0.1, -0.05) is 28.9 Å². The van der Waals surface area contributed by atoms with Gasteiger partial charge in [0, 0.05) is 29.3 Å². The molecule has 0 spiro atoms. The highest BCUT2D eigenvalue weighted by Gasteiger charge is 2.34. The Bertz CT molecular complexity index is 452. The summed E-state index contributed by atoms with van der Waals surface area (Å²) in [5, 5.41) is 3.55. The Morgan fingerprint density at radius 1 is 1.25 bits per heavy atom. The van der Waals surface area contributed by atoms with Crippen LogP contribution in [-0.2, 0) is 6.54 Å². The molecular formula is C17H25BrN2. The van der Waals surface area contributed by atoms with E-state index in [0.29, 0.717) is 0 Å². The van der Waals surface area contributed by atoms with Crippen molar-refractivity contribution in [1.82, 2.24) is 5.32 Å². The maximum absolute atomic E-state index is 3.65. The van der Waals surface area contributed by atoms with E-state index in [1.807, 2.05) is 0 Å². The molecule has 110 valence electrons. The smallest absolute Gasteiger partial charge is 0.0425 e. The summed E-state index contributed by atoms with van der Waals surface area (Å²) in [6, 6.07) is 7.58. The third-order valence-corrected chi connectivity index (χ3v) is 4.73. The first-order valence-corrected chi connectivity index (χ1v) is 8.83. The largest absolute Gasteiger partial charge is 0.368 e. The quantitative estimate of drug-likeness (QED) is 0.711. The van der Waals surface area contributed by atoms with Crippen LogP contribution in [0.4, 0.5) is 5.69 Å². The van der Waals surface area contributed by atoms with E-state index in [0.717, 1.165) is 25.0 Å². The molecule has 0 amide bonds. The van der Waals surface area contributed by atoms with E-state index in [-0.39, 0.29) is 0 Å². The van der Waals surface area contributed by atoms with Crippen molar-refractivity contribution >= 4 is 21.6 Å². The van der Waals surface area contributed by atoms with E-state index < -0.39 is 0 Å². The maximum Gasteiger partial charge on any atom is 0.0425 e. The van der Waals surface area contributed by atoms with Crippen LogP contribution in [0.3, 0.4) is 0 Å². The molecule has 1 aromatic rings. The van der Waals surface area contributed by atoms with Crippen molar-refractivity contribution < 1.29 is 0 Å². The molecular weight excluding hydrogens is 312 g/mol. The minimum atomic E-state index is 0.801. The number of benzene rings is 1. The molecule has 2 aliphatic rings. The average molecular weight is 337 g/mol. The van der Waals surface area contributed by atoms with Gasteiger partial charge in [0.25, 0.3) is 0 Å². The van der Waals surface area contributed by atoms with Crippen molar-refractivity contribution in [3.63, 3.8) is 0 Å². The molecule has 2 nitrogen and oxygen atoms in total. The highest BCUT2D eigenvalue weighted by molar-refractivity contribution is 9.10. The highest BCUT2D eigenvalue weighted by atomic mass is 79.9. The van der Waals surface area contributed by atoms with Crippen molar-refractivity contribution in [1.29, 1.82) is 0 Å². The zero-order valence-electron chi connectivity index (χ0n) is 12.4. The summed E-state index contributed by atoms with van der Waals surface area (Å²) in [6.07, 6.45) is 6.81. The van der Waals surface area contributed by atoms with Gasteiger partial charge >= 0.3 is 0 Å². The van der Waals surface area contributed by atoms with Gasteiger partial charge in [-0.3, -0.25) is 0 Å². The first-order chi connectivity index (χ1) is 9.78. The number of nitrogens with one attached hydrogen (secondary N) is 1. The van der Waals surface area contributed by atoms with Gasteiger partial charge in [-0.15, -0.1) is 0 Å². The monoisotopic (exact) mass is 336 g/mol. The molecule has 0 aromatic heterocycles. The maximum atomic E-state index is 3.65. The molecule has 0 radical (unpaired) electrons. The topological polar surface area (TPSA) is 15.3 Å². The molecule has 0 heterocycles. The van der Waals surface area contributed by atoms with E-state index in [2.05, 4.69) is 51.3 Å². The second-order valence-corrected chi connectivity index (χ2v) is 7.19. The molecule has 0 saturated heterocycles. The minimum absolute atomic E-state index is 0.801. The third-order valence-electron chi connectivity index (χ3n) is 4.24. The lowest BCUT2D eigenvalue weighted by Crippen LogP contribution is -2.30. The Kier molecular flexibility index (Phi) is 4.67. The fraction of sp³-hybridized carbons (Fsp3) is 0.647. The lowest BCUT2D eigenvalue weighted by atomic mass is 10.1. The number of halogens is 1. The molecule has 0 aliphatic heterocycles. The van der Waals surface area contributed by atoms with Crippen molar-refractivity contribution in [2.75, 3.05) is 18.0 Å². The van der Waals surface area contributed by atoms with Crippen molar-refractivity contribution in [2.45, 2.75) is 51.6 Å². The fourth-order valence-corrected chi connectivity index (χ4v) is 3.11. The summed E-state index contributed by atoms with van der Waals surface area (Å²) in [5.74, 6) is 0.950. The van der Waals surface area contributed by atoms with Crippen LogP contribution in [0.25, 0.3) is 0 Å². The average Bonchev–Trinajstić information content (AvgIpc) is 3.31. The molecule has 2 saturated carbocycles. The van der Waals surface area contributed by atoms with E-state index in [9.17, 15) is 0 Å². The van der Waals surface area contributed by atoms with Gasteiger partial charge in [0.15, 0.2) is 0 Å². The van der Waals surface area contributed by atoms with E-state index in [1.165, 1.54) is 54.4 Å². The van der Waals surface area contributed by atoms with Crippen molar-refractivity contribution in [2.24, 2.45) is 5.92 Å². The van der Waals surface area contributed by atoms with Gasteiger partial charge in [0.1, 0.15) is 0 Å². The second kappa shape index (κ2) is 6.48. The second-order valence-electron chi connectivity index (χ2n) is 6.28. The van der Waals surface area contributed by atoms with Gasteiger partial charge in [0.05, 0.1) is 0 Å². The molecule has 1 aromatic carbocycles. The molecule has 2 fully saturated rings. The predicted molar refractivity (Wildman–Crippen MR) is 89.2 cm³/mol. The van der Waals surface area contributed by atoms with Crippen LogP contribution in [0, 0.1) is 5.92 Å². The molecule has 0 unspecified atom stereocenters. The number of rotatable bonds is 8. The van der Waals surface area contributed by atoms with Crippen LogP contribution in [0.15, 0.2) is 22.7 Å². The summed E-state index contributed by atoms with van der Waals surface area (Å²) in [7, 11) is 0. The predicted octanol–water partition coefficient (Wildman–Crippen LogP) is 4.33. The van der Waals surface area contributed by atoms with Gasteiger partial charge in [-0.25, -0.2) is 0 Å². The lowest BCUT2D eigenvalue weighted by Gasteiger charge is -2.27. The first kappa shape index (κ1) is 14.4. The van der Waals surface area contributed by atoms with Crippen LogP contribution in [0.1, 0.15) is 44.6 Å². The summed E-state index contributed by atoms with van der Waals surface area (Å²) in [4.78, 5) is 2.69. The Labute approximate surface area is 131 Å². The number of hydrogen-bond acceptors (Lipinski definition) is 2. The van der Waals surface area contributed by atoms with Gasteiger partial charge in [-0.05, 0) is 62.3 Å². The molecule has 0 bridgehead atoms. The van der Waals surface area contributed by atoms with Crippen molar-refractivity contribution in [3.05, 3.63) is 28.2 Å². The SMILES string of the molecule is CCCNCc1ccc(Br)cc1N(CC1CC1)C1CC1. The summed E-state index contributed by atoms with van der Waals surface area (Å²) >= 11 is 3.65. The fourth-order valence-electron chi connectivity index (χ4n) is 2.76. The van der Waals surface area contributed by atoms with Crippen LogP contribution in [-0.4, -0.2) is 19.1 Å². The Morgan fingerprint density at radius 3 is 2.70 bits per heavy atom. The third kappa shape index (κ3) is 3.76. The summed E-state index contributed by atoms with van der Waals surface area (Å²) in [5.41, 5.74) is 2.91. The Balaban J connectivity index is 1.78. The number of nitrogens with zero attached hydrogens (tertiary/aromatic N) is 1. The molecule has 0 atom stereocenters. The van der Waals surface area contributed by atoms with Crippen LogP contribution in [0.2, 0.25) is 0 Å². The minimum Gasteiger partial charge on any atom is -0.368 e. The Hall–Kier alpha value is -0.540. The van der Waals surface area contributed by atoms with Crippen LogP contribution < -0.4 is 10.2 Å². The molecule has 3 heteroatoms. The zero-order chi connectivity index (χ0) is 13.9. The molecule has 20 heavy (non-hydrogen) atoms. The number of anilines is 1. The van der Waals surface area contributed by atoms with Gasteiger partial charge in [-0.2, -0.15) is 0 Å². The molecule has 3 rings (SSSR count). The van der Waals surface area contributed by atoms with E-state index >= 15 is 0 Å². The summed E-state index contributed by atoms with van der Waals surface area (Å²) < 4.78 is 1.20. The molecule has 1 N–H and O–H groups in total. The number of hydrogen-bond donors (Lipinski definition) is 1. The Morgan fingerprint density at radius 2 is 2.05 bits per heavy atom. The van der Waals surface area contributed by atoms with E-state index in [1.54, 1.807) is 0 Å². The normalized spacial score (nSPS) is 18.3. The van der Waals surface area contributed by atoms with Gasteiger partial charge < -0.3 is 10.2 Å². The van der Waals surface area contributed by atoms with Crippen LogP contribution >= 0.6 is 15.9 Å². The summed E-state index contributed by atoms with van der Waals surface area (Å²) in [6.45, 7) is 5.58. The van der Waals surface area contributed by atoms with Gasteiger partial charge in [0.2, 0.25) is 0 Å². The van der Waals surface area contributed by atoms with E-state index in [4.69, 9.17) is 0 Å². The first-order valence-electron chi connectivity index (χ1n) is 8.03.